The maximum Gasteiger partial charge on any atom is 0.258 e. The normalized spacial score (nSPS) is 12.8. The van der Waals surface area contributed by atoms with Gasteiger partial charge in [0.05, 0.1) is 39.6 Å². The van der Waals surface area contributed by atoms with Gasteiger partial charge in [-0.1, -0.05) is 197 Å². The molecule has 7 rings (SSSR count). The van der Waals surface area contributed by atoms with Gasteiger partial charge in [-0.25, -0.2) is 0 Å². The van der Waals surface area contributed by atoms with Crippen LogP contribution in [-0.2, 0) is 99.8 Å². The SMILES string of the molecule is CC(C)(C)c1cc2c(OCC(=O)NCCO)c(c1)Cc1cc(C(C)(C)C)cc(c1OCC(=O)NCCO)Cc1cc(C(C)(C)C)cc(c1OCC(=O)NCCO)Cc1cc(C(C)(C)C)cc(c1OCC(=O)NCCO)Cc1cc(C(C)(C)C)cc(c1OCC(=O)NCCO)Cc1cc(C(C)(C)C)cc(c1OCC(=O)NCCO)C2. The second-order valence-corrected chi connectivity index (χ2v) is 35.5. The lowest BCUT2D eigenvalue weighted by Gasteiger charge is -2.29. The van der Waals surface area contributed by atoms with E-state index in [-0.39, 0.29) is 117 Å². The van der Waals surface area contributed by atoms with E-state index in [1.807, 2.05) is 72.8 Å². The topological polar surface area (TPSA) is 351 Å². The largest absolute Gasteiger partial charge is 0.483 e. The summed E-state index contributed by atoms with van der Waals surface area (Å²) in [5, 5.41) is 76.2. The molecule has 1 aliphatic rings. The van der Waals surface area contributed by atoms with Crippen LogP contribution in [0.2, 0.25) is 0 Å². The average Bonchev–Trinajstić information content (AvgIpc) is 0.766. The van der Waals surface area contributed by atoms with Crippen molar-refractivity contribution in [1.29, 1.82) is 0 Å². The molecule has 0 saturated heterocycles. The molecule has 0 heterocycles. The molecule has 6 amide bonds. The highest BCUT2D eigenvalue weighted by molar-refractivity contribution is 5.80. The van der Waals surface area contributed by atoms with Crippen molar-refractivity contribution in [3.05, 3.63) is 173 Å². The number of aliphatic hydroxyl groups is 6. The number of benzene rings is 6. The van der Waals surface area contributed by atoms with Crippen LogP contribution in [0.4, 0.5) is 0 Å². The molecule has 0 fully saturated rings. The second kappa shape index (κ2) is 40.3. The fourth-order valence-corrected chi connectivity index (χ4v) is 13.3. The molecule has 0 aliphatic heterocycles. The third kappa shape index (κ3) is 26.4. The van der Waals surface area contributed by atoms with Crippen LogP contribution in [0, 0.1) is 0 Å². The number of carbonyl (C=O) groups is 6. The maximum absolute atomic E-state index is 14.0. The fourth-order valence-electron chi connectivity index (χ4n) is 13.3. The number of hydrogen-bond acceptors (Lipinski definition) is 18. The zero-order valence-electron chi connectivity index (χ0n) is 70.5. The molecule has 0 saturated carbocycles. The molecule has 114 heavy (non-hydrogen) atoms. The maximum atomic E-state index is 14.0. The van der Waals surface area contributed by atoms with Crippen molar-refractivity contribution in [2.45, 2.75) is 196 Å². The van der Waals surface area contributed by atoms with Crippen molar-refractivity contribution in [3.8, 4) is 34.5 Å². The van der Waals surface area contributed by atoms with E-state index >= 15 is 0 Å². The molecule has 0 radical (unpaired) electrons. The molecule has 6 aromatic rings. The van der Waals surface area contributed by atoms with E-state index in [0.717, 1.165) is 33.4 Å². The van der Waals surface area contributed by atoms with Gasteiger partial charge < -0.3 is 91.0 Å². The summed E-state index contributed by atoms with van der Waals surface area (Å²) in [5.74, 6) is -1.16. The Labute approximate surface area is 673 Å². The minimum absolute atomic E-state index is 0.0460. The van der Waals surface area contributed by atoms with Gasteiger partial charge in [0, 0.05) is 77.8 Å². The first kappa shape index (κ1) is 91.9. The number of hydrogen-bond donors (Lipinski definition) is 12. The highest BCUT2D eigenvalue weighted by Gasteiger charge is 2.33. The first-order valence-corrected chi connectivity index (χ1v) is 39.5. The Bertz CT molecular complexity index is 3500. The van der Waals surface area contributed by atoms with Gasteiger partial charge in [-0.2, -0.15) is 0 Å². The number of aliphatic hydroxyl groups excluding tert-OH is 6. The van der Waals surface area contributed by atoms with Crippen LogP contribution in [-0.4, -0.2) is 185 Å². The third-order valence-corrected chi connectivity index (χ3v) is 19.6. The summed E-state index contributed by atoms with van der Waals surface area (Å²) >= 11 is 0. The van der Waals surface area contributed by atoms with Crippen LogP contribution in [0.5, 0.6) is 34.5 Å². The Morgan fingerprint density at radius 1 is 0.228 bits per heavy atom. The summed E-state index contributed by atoms with van der Waals surface area (Å²) in [6.07, 6.45) is 0.327. The summed E-state index contributed by atoms with van der Waals surface area (Å²) in [6.45, 7) is 32.4. The number of fused-ring (bicyclic) bond motifs is 12. The molecule has 6 aromatic carbocycles. The van der Waals surface area contributed by atoms with Crippen LogP contribution < -0.4 is 60.3 Å². The zero-order valence-corrected chi connectivity index (χ0v) is 70.5. The number of amides is 6. The van der Waals surface area contributed by atoms with Gasteiger partial charge in [0.2, 0.25) is 0 Å². The number of rotatable bonds is 30. The van der Waals surface area contributed by atoms with E-state index in [4.69, 9.17) is 28.4 Å². The van der Waals surface area contributed by atoms with Crippen molar-refractivity contribution in [1.82, 2.24) is 31.9 Å². The predicted molar refractivity (Wildman–Crippen MR) is 441 cm³/mol. The standard InChI is InChI=1S/C90H126N6O18/c1-85(2,3)67-37-55-31-57-39-68(86(4,5)6)41-59(80(57)110-50-74(104)92-20-26-98)33-61-43-70(88(10,11)12)45-63(82(61)112-52-76(106)94-22-28-100)35-65-47-72(90(16,17)18)48-66(84(65)114-54-78(108)96-24-30-102)36-64-46-71(89(13,14)15)44-62(83(64)113-53-77(107)95-23-29-101)34-60-42-69(87(7,8)9)40-58(81(60)111-51-75(105)93-21-27-99)32-56(38-67)79(55)109-49-73(103)91-19-25-97/h37-48,97-102H,19-36,49-54H2,1-18H3,(H,91,103)(H,92,104)(H,93,105)(H,94,106)(H,95,107)(H,96,108). The Balaban J connectivity index is 1.81. The van der Waals surface area contributed by atoms with E-state index in [2.05, 4.69) is 157 Å². The van der Waals surface area contributed by atoms with Crippen LogP contribution in [0.3, 0.4) is 0 Å². The average molecular weight is 1580 g/mol. The minimum atomic E-state index is -0.562. The summed E-state index contributed by atoms with van der Waals surface area (Å²) in [5.41, 5.74) is 9.15. The first-order chi connectivity index (χ1) is 53.5. The Morgan fingerprint density at radius 2 is 0.333 bits per heavy atom. The van der Waals surface area contributed by atoms with E-state index < -0.39 is 108 Å². The number of ether oxygens (including phenoxy) is 6. The van der Waals surface area contributed by atoms with Gasteiger partial charge in [-0.05, 0) is 133 Å². The molecule has 24 heteroatoms. The molecular weight excluding hydrogens is 1450 g/mol. The molecule has 0 unspecified atom stereocenters. The molecule has 0 spiro atoms. The minimum Gasteiger partial charge on any atom is -0.483 e. The van der Waals surface area contributed by atoms with E-state index in [1.165, 1.54) is 0 Å². The van der Waals surface area contributed by atoms with Gasteiger partial charge >= 0.3 is 0 Å². The fraction of sp³-hybridized carbons (Fsp3) is 0.533. The molecule has 0 atom stereocenters. The monoisotopic (exact) mass is 1580 g/mol. The van der Waals surface area contributed by atoms with Crippen molar-refractivity contribution in [3.63, 3.8) is 0 Å². The van der Waals surface area contributed by atoms with Crippen LogP contribution in [0.25, 0.3) is 0 Å². The number of carbonyl (C=O) groups excluding carboxylic acids is 6. The lowest BCUT2D eigenvalue weighted by molar-refractivity contribution is -0.124. The van der Waals surface area contributed by atoms with E-state index in [1.54, 1.807) is 0 Å². The molecule has 1 aliphatic carbocycles. The van der Waals surface area contributed by atoms with E-state index in [9.17, 15) is 59.4 Å². The van der Waals surface area contributed by atoms with Crippen molar-refractivity contribution < 1.29 is 87.8 Å². The lowest BCUT2D eigenvalue weighted by Crippen LogP contribution is -2.32. The van der Waals surface area contributed by atoms with Crippen molar-refractivity contribution in [2.75, 3.05) is 119 Å². The summed E-state index contributed by atoms with van der Waals surface area (Å²) in [4.78, 5) is 84.3. The Morgan fingerprint density at radius 3 is 0.421 bits per heavy atom. The molecule has 624 valence electrons. The third-order valence-electron chi connectivity index (χ3n) is 19.6. The molecular formula is C90H126N6O18. The quantitative estimate of drug-likeness (QED) is 0.0201. The lowest BCUT2D eigenvalue weighted by atomic mass is 9.79. The Kier molecular flexibility index (Phi) is 32.5. The predicted octanol–water partition coefficient (Wildman–Crippen LogP) is 8.25. The van der Waals surface area contributed by atoms with Gasteiger partial charge in [-0.3, -0.25) is 28.8 Å². The van der Waals surface area contributed by atoms with Crippen LogP contribution in [0.1, 0.15) is 225 Å². The van der Waals surface area contributed by atoms with Crippen LogP contribution >= 0.6 is 0 Å². The molecule has 12 N–H and O–H groups in total. The number of nitrogens with one attached hydrogen (secondary N) is 6. The van der Waals surface area contributed by atoms with Crippen molar-refractivity contribution in [2.24, 2.45) is 0 Å². The van der Waals surface area contributed by atoms with Gasteiger partial charge in [0.1, 0.15) is 34.5 Å². The van der Waals surface area contributed by atoms with Crippen LogP contribution in [0.15, 0.2) is 72.8 Å². The van der Waals surface area contributed by atoms with E-state index in [0.29, 0.717) is 101 Å². The highest BCUT2D eigenvalue weighted by atomic mass is 16.5. The van der Waals surface area contributed by atoms with Gasteiger partial charge in [-0.15, -0.1) is 0 Å². The summed E-state index contributed by atoms with van der Waals surface area (Å²) < 4.78 is 41.8. The second-order valence-electron chi connectivity index (χ2n) is 35.5. The first-order valence-electron chi connectivity index (χ1n) is 39.5. The molecule has 0 aromatic heterocycles. The van der Waals surface area contributed by atoms with Gasteiger partial charge in [0.25, 0.3) is 35.4 Å². The summed E-state index contributed by atoms with van der Waals surface area (Å²) in [7, 11) is 0. The smallest absolute Gasteiger partial charge is 0.258 e. The zero-order chi connectivity index (χ0) is 84.3. The highest BCUT2D eigenvalue weighted by Crippen LogP contribution is 2.47. The summed E-state index contributed by atoms with van der Waals surface area (Å²) in [6, 6.07) is 24.6. The van der Waals surface area contributed by atoms with Crippen molar-refractivity contribution >= 4 is 35.4 Å². The Hall–Kier alpha value is -9.30. The molecule has 24 nitrogen and oxygen atoms in total. The molecule has 12 bridgehead atoms. The van der Waals surface area contributed by atoms with Gasteiger partial charge in [0.15, 0.2) is 39.6 Å².